The fourth-order valence-electron chi connectivity index (χ4n) is 3.57. The van der Waals surface area contributed by atoms with Crippen LogP contribution in [0.2, 0.25) is 0 Å². The lowest BCUT2D eigenvalue weighted by molar-refractivity contribution is -0.126. The average molecular weight is 394 g/mol. The van der Waals surface area contributed by atoms with Crippen LogP contribution in [0, 0.1) is 5.92 Å². The summed E-state index contributed by atoms with van der Waals surface area (Å²) < 4.78 is 10.5. The number of carbonyl (C=O) groups excluding carboxylic acids is 2. The molecule has 0 unspecified atom stereocenters. The van der Waals surface area contributed by atoms with Crippen LogP contribution in [0.1, 0.15) is 12.0 Å². The summed E-state index contributed by atoms with van der Waals surface area (Å²) in [5.74, 6) is 1.13. The zero-order valence-corrected chi connectivity index (χ0v) is 16.3. The Hall–Kier alpha value is -3.55. The van der Waals surface area contributed by atoms with Crippen molar-refractivity contribution >= 4 is 28.5 Å². The minimum atomic E-state index is -0.418. The van der Waals surface area contributed by atoms with Gasteiger partial charge in [0.1, 0.15) is 0 Å². The van der Waals surface area contributed by atoms with E-state index in [0.717, 1.165) is 16.5 Å². The molecular weight excluding hydrogens is 372 g/mol. The predicted octanol–water partition coefficient (Wildman–Crippen LogP) is 2.25. The van der Waals surface area contributed by atoms with Crippen LogP contribution in [0.15, 0.2) is 42.5 Å². The number of fused-ring (bicyclic) bond motifs is 1. The topological polar surface area (TPSA) is 96.5 Å². The van der Waals surface area contributed by atoms with E-state index in [2.05, 4.69) is 15.5 Å². The number of para-hydroxylation sites is 1. The summed E-state index contributed by atoms with van der Waals surface area (Å²) in [4.78, 5) is 26.8. The highest BCUT2D eigenvalue weighted by molar-refractivity contribution is 6.05. The Kier molecular flexibility index (Phi) is 5.07. The van der Waals surface area contributed by atoms with E-state index in [-0.39, 0.29) is 18.2 Å². The van der Waals surface area contributed by atoms with Gasteiger partial charge in [0.15, 0.2) is 17.3 Å². The molecular formula is C21H22N4O4. The zero-order chi connectivity index (χ0) is 20.4. The first-order chi connectivity index (χ1) is 14.1. The van der Waals surface area contributed by atoms with Crippen molar-refractivity contribution in [3.8, 4) is 11.5 Å². The summed E-state index contributed by atoms with van der Waals surface area (Å²) in [6.45, 7) is 0.653. The molecule has 0 bridgehead atoms. The van der Waals surface area contributed by atoms with Crippen molar-refractivity contribution in [1.29, 1.82) is 0 Å². The summed E-state index contributed by atoms with van der Waals surface area (Å²) in [7, 11) is 3.14. The van der Waals surface area contributed by atoms with E-state index in [9.17, 15) is 9.59 Å². The number of anilines is 1. The van der Waals surface area contributed by atoms with Gasteiger partial charge in [0.05, 0.1) is 25.7 Å². The monoisotopic (exact) mass is 394 g/mol. The Morgan fingerprint density at radius 3 is 2.79 bits per heavy atom. The van der Waals surface area contributed by atoms with E-state index in [1.54, 1.807) is 25.2 Å². The second-order valence-electron chi connectivity index (χ2n) is 6.91. The van der Waals surface area contributed by atoms with Crippen molar-refractivity contribution in [2.75, 3.05) is 25.7 Å². The average Bonchev–Trinajstić information content (AvgIpc) is 3.35. The lowest BCUT2D eigenvalue weighted by Crippen LogP contribution is -2.32. The first kappa shape index (κ1) is 18.8. The third-order valence-corrected chi connectivity index (χ3v) is 5.12. The van der Waals surface area contributed by atoms with Gasteiger partial charge in [-0.05, 0) is 29.8 Å². The Morgan fingerprint density at radius 1 is 1.21 bits per heavy atom. The van der Waals surface area contributed by atoms with Crippen LogP contribution in [0.5, 0.6) is 11.5 Å². The quantitative estimate of drug-likeness (QED) is 0.668. The van der Waals surface area contributed by atoms with Crippen molar-refractivity contribution in [3.05, 3.63) is 48.0 Å². The largest absolute Gasteiger partial charge is 0.493 e. The van der Waals surface area contributed by atoms with Crippen LogP contribution >= 0.6 is 0 Å². The van der Waals surface area contributed by atoms with Gasteiger partial charge in [-0.25, -0.2) is 0 Å². The second kappa shape index (κ2) is 7.83. The van der Waals surface area contributed by atoms with Crippen molar-refractivity contribution in [3.63, 3.8) is 0 Å². The molecule has 1 aromatic heterocycles. The number of nitrogens with one attached hydrogen (secondary N) is 2. The van der Waals surface area contributed by atoms with Crippen molar-refractivity contribution < 1.29 is 19.1 Å². The summed E-state index contributed by atoms with van der Waals surface area (Å²) in [5, 5.41) is 11.0. The lowest BCUT2D eigenvalue weighted by atomic mass is 10.1. The predicted molar refractivity (Wildman–Crippen MR) is 108 cm³/mol. The van der Waals surface area contributed by atoms with E-state index in [1.807, 2.05) is 36.4 Å². The first-order valence-electron chi connectivity index (χ1n) is 9.32. The third kappa shape index (κ3) is 3.61. The number of rotatable bonds is 6. The van der Waals surface area contributed by atoms with Crippen LogP contribution < -0.4 is 19.7 Å². The second-order valence-corrected chi connectivity index (χ2v) is 6.91. The van der Waals surface area contributed by atoms with Crippen LogP contribution in [0.25, 0.3) is 10.9 Å². The number of nitrogens with zero attached hydrogens (tertiary/aromatic N) is 2. The minimum absolute atomic E-state index is 0.103. The lowest BCUT2D eigenvalue weighted by Gasteiger charge is -2.15. The fraction of sp³-hybridized carbons (Fsp3) is 0.286. The number of benzene rings is 2. The Balaban J connectivity index is 1.42. The molecule has 1 saturated heterocycles. The number of aromatic nitrogens is 2. The number of ether oxygens (including phenoxy) is 2. The first-order valence-corrected chi connectivity index (χ1v) is 9.32. The van der Waals surface area contributed by atoms with Gasteiger partial charge < -0.3 is 14.8 Å². The van der Waals surface area contributed by atoms with Gasteiger partial charge in [0.25, 0.3) is 0 Å². The molecule has 2 aromatic carbocycles. The molecule has 0 saturated carbocycles. The standard InChI is InChI=1S/C21H22N4O4/c1-28-17-8-7-13(9-18(17)29-2)11-22-21(27)14-10-19(26)25(12-14)20-15-5-3-4-6-16(15)23-24-20/h3-9,14H,10-12H2,1-2H3,(H,22,27)(H,23,24)/t14-/m0/s1. The molecule has 0 radical (unpaired) electrons. The Labute approximate surface area is 167 Å². The fourth-order valence-corrected chi connectivity index (χ4v) is 3.57. The third-order valence-electron chi connectivity index (χ3n) is 5.12. The Bertz CT molecular complexity index is 1060. The number of hydrogen-bond acceptors (Lipinski definition) is 5. The van der Waals surface area contributed by atoms with E-state index in [4.69, 9.17) is 9.47 Å². The molecule has 0 spiro atoms. The molecule has 29 heavy (non-hydrogen) atoms. The molecule has 8 heteroatoms. The van der Waals surface area contributed by atoms with Crippen LogP contribution in [0.3, 0.4) is 0 Å². The Morgan fingerprint density at radius 2 is 2.00 bits per heavy atom. The van der Waals surface area contributed by atoms with Crippen LogP contribution in [-0.4, -0.2) is 42.8 Å². The van der Waals surface area contributed by atoms with Crippen LogP contribution in [-0.2, 0) is 16.1 Å². The highest BCUT2D eigenvalue weighted by Gasteiger charge is 2.36. The number of aromatic amines is 1. The molecule has 2 amide bonds. The van der Waals surface area contributed by atoms with Crippen molar-refractivity contribution in [2.24, 2.45) is 5.92 Å². The highest BCUT2D eigenvalue weighted by Crippen LogP contribution is 2.30. The number of carbonyl (C=O) groups is 2. The van der Waals surface area contributed by atoms with Crippen molar-refractivity contribution in [2.45, 2.75) is 13.0 Å². The molecule has 3 aromatic rings. The minimum Gasteiger partial charge on any atom is -0.493 e. The molecule has 150 valence electrons. The smallest absolute Gasteiger partial charge is 0.229 e. The van der Waals surface area contributed by atoms with E-state index in [0.29, 0.717) is 30.4 Å². The number of H-pyrrole nitrogens is 1. The number of hydrogen-bond donors (Lipinski definition) is 2. The van der Waals surface area contributed by atoms with E-state index >= 15 is 0 Å². The number of amides is 2. The maximum Gasteiger partial charge on any atom is 0.229 e. The summed E-state index contributed by atoms with van der Waals surface area (Å²) in [6.07, 6.45) is 0.166. The molecule has 1 aliphatic rings. The van der Waals surface area contributed by atoms with Gasteiger partial charge in [0, 0.05) is 24.9 Å². The normalized spacial score (nSPS) is 16.3. The van der Waals surface area contributed by atoms with Gasteiger partial charge in [0.2, 0.25) is 11.8 Å². The molecule has 1 aliphatic heterocycles. The highest BCUT2D eigenvalue weighted by atomic mass is 16.5. The van der Waals surface area contributed by atoms with Gasteiger partial charge in [-0.2, -0.15) is 5.10 Å². The van der Waals surface area contributed by atoms with Crippen molar-refractivity contribution in [1.82, 2.24) is 15.5 Å². The van der Waals surface area contributed by atoms with Crippen LogP contribution in [0.4, 0.5) is 5.82 Å². The molecule has 2 heterocycles. The molecule has 4 rings (SSSR count). The van der Waals surface area contributed by atoms with E-state index in [1.165, 1.54) is 0 Å². The maximum atomic E-state index is 12.6. The molecule has 1 fully saturated rings. The summed E-state index contributed by atoms with van der Waals surface area (Å²) >= 11 is 0. The van der Waals surface area contributed by atoms with Gasteiger partial charge in [-0.15, -0.1) is 0 Å². The van der Waals surface area contributed by atoms with Gasteiger partial charge in [-0.1, -0.05) is 18.2 Å². The molecule has 8 nitrogen and oxygen atoms in total. The molecule has 2 N–H and O–H groups in total. The van der Waals surface area contributed by atoms with Gasteiger partial charge >= 0.3 is 0 Å². The van der Waals surface area contributed by atoms with Gasteiger partial charge in [-0.3, -0.25) is 19.6 Å². The zero-order valence-electron chi connectivity index (χ0n) is 16.3. The summed E-state index contributed by atoms with van der Waals surface area (Å²) in [6, 6.07) is 13.1. The maximum absolute atomic E-state index is 12.6. The molecule has 0 aliphatic carbocycles. The molecule has 1 atom stereocenters. The summed E-state index contributed by atoms with van der Waals surface area (Å²) in [5.41, 5.74) is 1.74. The number of methoxy groups -OCH3 is 2. The van der Waals surface area contributed by atoms with E-state index < -0.39 is 5.92 Å². The SMILES string of the molecule is COc1ccc(CNC(=O)[C@H]2CC(=O)N(c3n[nH]c4ccccc34)C2)cc1OC.